The number of nitrogens with zero attached hydrogens (tertiary/aromatic N) is 2. The van der Waals surface area contributed by atoms with Gasteiger partial charge in [0.25, 0.3) is 0 Å². The summed E-state index contributed by atoms with van der Waals surface area (Å²) in [6.45, 7) is 7.48. The van der Waals surface area contributed by atoms with E-state index in [4.69, 9.17) is 4.74 Å². The minimum absolute atomic E-state index is 0.449. The van der Waals surface area contributed by atoms with Gasteiger partial charge in [0.2, 0.25) is 0 Å². The van der Waals surface area contributed by atoms with Crippen molar-refractivity contribution in [2.24, 2.45) is 0 Å². The molecule has 0 aromatic carbocycles. The van der Waals surface area contributed by atoms with E-state index in [0.717, 1.165) is 32.8 Å². The Balaban J connectivity index is 1.83. The van der Waals surface area contributed by atoms with Gasteiger partial charge in [-0.15, -0.1) is 11.3 Å². The molecule has 1 fully saturated rings. The van der Waals surface area contributed by atoms with E-state index >= 15 is 0 Å². The van der Waals surface area contributed by atoms with E-state index in [1.807, 2.05) is 11.3 Å². The molecular formula is C16H28N2OS. The Morgan fingerprint density at radius 2 is 2.15 bits per heavy atom. The van der Waals surface area contributed by atoms with Crippen molar-refractivity contribution in [2.45, 2.75) is 45.4 Å². The summed E-state index contributed by atoms with van der Waals surface area (Å²) in [5, 5.41) is 2.29. The lowest BCUT2D eigenvalue weighted by Crippen LogP contribution is -2.35. The van der Waals surface area contributed by atoms with Gasteiger partial charge < -0.3 is 9.64 Å². The van der Waals surface area contributed by atoms with Crippen LogP contribution in [0.15, 0.2) is 11.4 Å². The fourth-order valence-corrected chi connectivity index (χ4v) is 3.64. The van der Waals surface area contributed by atoms with Crippen LogP contribution in [0.2, 0.25) is 0 Å². The second kappa shape index (κ2) is 8.13. The van der Waals surface area contributed by atoms with Gasteiger partial charge in [0.1, 0.15) is 0 Å². The highest BCUT2D eigenvalue weighted by Gasteiger charge is 2.17. The molecule has 1 aromatic rings. The second-order valence-electron chi connectivity index (χ2n) is 5.98. The van der Waals surface area contributed by atoms with Crippen LogP contribution in [0.3, 0.4) is 0 Å². The molecule has 3 nitrogen and oxygen atoms in total. The molecule has 4 heteroatoms. The maximum Gasteiger partial charge on any atom is 0.0702 e. The molecule has 1 atom stereocenters. The molecule has 0 amide bonds. The topological polar surface area (TPSA) is 15.7 Å². The Kier molecular flexibility index (Phi) is 6.49. The van der Waals surface area contributed by atoms with E-state index in [1.54, 1.807) is 0 Å². The maximum atomic E-state index is 5.86. The molecular weight excluding hydrogens is 268 g/mol. The molecule has 1 saturated heterocycles. The quantitative estimate of drug-likeness (QED) is 0.768. The summed E-state index contributed by atoms with van der Waals surface area (Å²) in [5.41, 5.74) is 1.43. The number of likely N-dealkylation sites (N-methyl/N-ethyl adjacent to an activating group) is 1. The molecule has 20 heavy (non-hydrogen) atoms. The van der Waals surface area contributed by atoms with E-state index < -0.39 is 0 Å². The Hall–Kier alpha value is -0.420. The number of rotatable bonds is 7. The van der Waals surface area contributed by atoms with Gasteiger partial charge in [0.15, 0.2) is 0 Å². The molecule has 0 bridgehead atoms. The lowest BCUT2D eigenvalue weighted by molar-refractivity contribution is -0.00608. The van der Waals surface area contributed by atoms with Crippen LogP contribution in [0.5, 0.6) is 0 Å². The average molecular weight is 296 g/mol. The van der Waals surface area contributed by atoms with Crippen LogP contribution in [0.25, 0.3) is 0 Å². The van der Waals surface area contributed by atoms with Crippen molar-refractivity contribution in [3.05, 3.63) is 21.9 Å². The normalized spacial score (nSPS) is 19.9. The van der Waals surface area contributed by atoms with E-state index in [-0.39, 0.29) is 0 Å². The zero-order valence-electron chi connectivity index (χ0n) is 13.1. The molecule has 1 aliphatic rings. The average Bonchev–Trinajstić information content (AvgIpc) is 2.85. The number of thiophene rings is 1. The summed E-state index contributed by atoms with van der Waals surface area (Å²) in [7, 11) is 4.24. The van der Waals surface area contributed by atoms with Gasteiger partial charge in [-0.05, 0) is 56.9 Å². The standard InChI is InChI=1S/C16H28N2OS/c1-4-18(11-15-7-5-6-8-19-15)12-16-9-14(13-20-16)10-17(2)3/h9,13,15H,4-8,10-12H2,1-3H3/t15-/m1/s1. The third kappa shape index (κ3) is 5.17. The molecule has 0 N–H and O–H groups in total. The zero-order chi connectivity index (χ0) is 14.4. The summed E-state index contributed by atoms with van der Waals surface area (Å²) < 4.78 is 5.86. The third-order valence-corrected chi connectivity index (χ3v) is 4.74. The van der Waals surface area contributed by atoms with Crippen molar-refractivity contribution in [2.75, 3.05) is 33.8 Å². The lowest BCUT2D eigenvalue weighted by Gasteiger charge is -2.28. The summed E-state index contributed by atoms with van der Waals surface area (Å²) in [6.07, 6.45) is 4.24. The molecule has 1 aliphatic heterocycles. The Morgan fingerprint density at radius 1 is 1.30 bits per heavy atom. The second-order valence-corrected chi connectivity index (χ2v) is 6.97. The number of hydrogen-bond acceptors (Lipinski definition) is 4. The molecule has 0 spiro atoms. The van der Waals surface area contributed by atoms with Crippen LogP contribution >= 0.6 is 11.3 Å². The van der Waals surface area contributed by atoms with Gasteiger partial charge in [-0.25, -0.2) is 0 Å². The Bertz CT molecular complexity index is 386. The fourth-order valence-electron chi connectivity index (χ4n) is 2.72. The zero-order valence-corrected chi connectivity index (χ0v) is 13.9. The van der Waals surface area contributed by atoms with Crippen LogP contribution in [0, 0.1) is 0 Å². The van der Waals surface area contributed by atoms with Gasteiger partial charge in [0, 0.05) is 31.1 Å². The third-order valence-electron chi connectivity index (χ3n) is 3.77. The van der Waals surface area contributed by atoms with Gasteiger partial charge in [-0.2, -0.15) is 0 Å². The molecule has 0 saturated carbocycles. The lowest BCUT2D eigenvalue weighted by atomic mass is 10.1. The van der Waals surface area contributed by atoms with Crippen molar-refractivity contribution in [3.8, 4) is 0 Å². The SMILES string of the molecule is CCN(Cc1cc(CN(C)C)cs1)C[C@H]1CCCCO1. The van der Waals surface area contributed by atoms with Crippen molar-refractivity contribution < 1.29 is 4.74 Å². The predicted molar refractivity (Wildman–Crippen MR) is 86.3 cm³/mol. The van der Waals surface area contributed by atoms with Gasteiger partial charge in [0.05, 0.1) is 6.10 Å². The van der Waals surface area contributed by atoms with Crippen LogP contribution in [-0.4, -0.2) is 49.7 Å². The van der Waals surface area contributed by atoms with Gasteiger partial charge in [-0.1, -0.05) is 6.92 Å². The van der Waals surface area contributed by atoms with E-state index in [2.05, 4.69) is 42.3 Å². The molecule has 0 aliphatic carbocycles. The number of hydrogen-bond donors (Lipinski definition) is 0. The minimum atomic E-state index is 0.449. The van der Waals surface area contributed by atoms with Crippen molar-refractivity contribution in [1.82, 2.24) is 9.80 Å². The first kappa shape index (κ1) is 16.0. The summed E-state index contributed by atoms with van der Waals surface area (Å²) in [6, 6.07) is 2.36. The van der Waals surface area contributed by atoms with E-state index in [9.17, 15) is 0 Å². The largest absolute Gasteiger partial charge is 0.377 e. The maximum absolute atomic E-state index is 5.86. The van der Waals surface area contributed by atoms with E-state index in [0.29, 0.717) is 6.10 Å². The van der Waals surface area contributed by atoms with Crippen LogP contribution in [-0.2, 0) is 17.8 Å². The minimum Gasteiger partial charge on any atom is -0.377 e. The predicted octanol–water partition coefficient (Wildman–Crippen LogP) is 3.20. The molecule has 1 aromatic heterocycles. The van der Waals surface area contributed by atoms with Crippen molar-refractivity contribution in [1.29, 1.82) is 0 Å². The molecule has 114 valence electrons. The first-order valence-electron chi connectivity index (χ1n) is 7.72. The Labute approximate surface area is 127 Å². The molecule has 0 unspecified atom stereocenters. The first-order chi connectivity index (χ1) is 9.67. The highest BCUT2D eigenvalue weighted by atomic mass is 32.1. The van der Waals surface area contributed by atoms with Crippen molar-refractivity contribution >= 4 is 11.3 Å². The van der Waals surface area contributed by atoms with Crippen molar-refractivity contribution in [3.63, 3.8) is 0 Å². The van der Waals surface area contributed by atoms with Gasteiger partial charge >= 0.3 is 0 Å². The molecule has 2 heterocycles. The first-order valence-corrected chi connectivity index (χ1v) is 8.60. The van der Waals surface area contributed by atoms with Crippen LogP contribution in [0.4, 0.5) is 0 Å². The van der Waals surface area contributed by atoms with Crippen LogP contribution < -0.4 is 0 Å². The smallest absolute Gasteiger partial charge is 0.0702 e. The summed E-state index contributed by atoms with van der Waals surface area (Å²) in [5.74, 6) is 0. The molecule has 0 radical (unpaired) electrons. The summed E-state index contributed by atoms with van der Waals surface area (Å²) >= 11 is 1.89. The highest BCUT2D eigenvalue weighted by Crippen LogP contribution is 2.19. The Morgan fingerprint density at radius 3 is 2.80 bits per heavy atom. The fraction of sp³-hybridized carbons (Fsp3) is 0.750. The van der Waals surface area contributed by atoms with Crippen LogP contribution in [0.1, 0.15) is 36.6 Å². The number of ether oxygens (including phenoxy) is 1. The monoisotopic (exact) mass is 296 g/mol. The highest BCUT2D eigenvalue weighted by molar-refractivity contribution is 7.10. The van der Waals surface area contributed by atoms with Gasteiger partial charge in [-0.3, -0.25) is 4.90 Å². The summed E-state index contributed by atoms with van der Waals surface area (Å²) in [4.78, 5) is 6.21. The van der Waals surface area contributed by atoms with E-state index in [1.165, 1.54) is 29.7 Å². The molecule has 2 rings (SSSR count).